The van der Waals surface area contributed by atoms with E-state index in [1.165, 1.54) is 10.5 Å². The van der Waals surface area contributed by atoms with Crippen LogP contribution < -0.4 is 5.73 Å². The van der Waals surface area contributed by atoms with Gasteiger partial charge in [-0.2, -0.15) is 5.26 Å². The number of hydrogen-bond acceptors (Lipinski definition) is 5. The normalized spacial score (nSPS) is 10.2. The Morgan fingerprint density at radius 1 is 1.32 bits per heavy atom. The van der Waals surface area contributed by atoms with Crippen molar-refractivity contribution >= 4 is 17.6 Å². The lowest BCUT2D eigenvalue weighted by molar-refractivity contribution is 0.994. The molecule has 0 atom stereocenters. The van der Waals surface area contributed by atoms with Crippen LogP contribution in [0.1, 0.15) is 22.6 Å². The zero-order chi connectivity index (χ0) is 13.8. The molecule has 96 valence electrons. The van der Waals surface area contributed by atoms with Crippen molar-refractivity contribution in [3.63, 3.8) is 0 Å². The number of nitrogen functional groups attached to an aromatic ring is 1. The molecule has 2 aromatic rings. The molecule has 1 aromatic carbocycles. The zero-order valence-electron chi connectivity index (χ0n) is 10.8. The van der Waals surface area contributed by atoms with Gasteiger partial charge in [0.2, 0.25) is 0 Å². The van der Waals surface area contributed by atoms with Gasteiger partial charge in [0.1, 0.15) is 23.3 Å². The summed E-state index contributed by atoms with van der Waals surface area (Å²) in [4.78, 5) is 9.64. The monoisotopic (exact) mass is 270 g/mol. The molecule has 0 saturated heterocycles. The van der Waals surface area contributed by atoms with Crippen LogP contribution in [0.25, 0.3) is 0 Å². The van der Waals surface area contributed by atoms with E-state index < -0.39 is 0 Å². The highest BCUT2D eigenvalue weighted by molar-refractivity contribution is 7.98. The van der Waals surface area contributed by atoms with E-state index in [0.717, 1.165) is 0 Å². The van der Waals surface area contributed by atoms with Crippen LogP contribution in [0.5, 0.6) is 0 Å². The quantitative estimate of drug-likeness (QED) is 0.868. The molecule has 0 aliphatic heterocycles. The Bertz CT molecular complexity index is 623. The molecule has 0 radical (unpaired) electrons. The van der Waals surface area contributed by atoms with Crippen LogP contribution in [0, 0.1) is 25.2 Å². The molecule has 1 aromatic heterocycles. The first-order valence-corrected chi connectivity index (χ1v) is 6.81. The predicted molar refractivity (Wildman–Crippen MR) is 76.6 cm³/mol. The first kappa shape index (κ1) is 13.4. The lowest BCUT2D eigenvalue weighted by atomic mass is 10.2. The maximum absolute atomic E-state index is 8.91. The van der Waals surface area contributed by atoms with Gasteiger partial charge in [0, 0.05) is 4.90 Å². The number of nitriles is 1. The van der Waals surface area contributed by atoms with Crippen molar-refractivity contribution in [2.75, 3.05) is 5.73 Å². The summed E-state index contributed by atoms with van der Waals surface area (Å²) in [6.07, 6.45) is 0. The van der Waals surface area contributed by atoms with E-state index in [9.17, 15) is 0 Å². The molecule has 0 bridgehead atoms. The predicted octanol–water partition coefficient (Wildman–Crippen LogP) is 2.84. The maximum Gasteiger partial charge on any atom is 0.145 e. The minimum absolute atomic E-state index is 0.259. The van der Waals surface area contributed by atoms with E-state index in [2.05, 4.69) is 35.1 Å². The van der Waals surface area contributed by atoms with Crippen LogP contribution in [0.15, 0.2) is 29.2 Å². The second-order valence-corrected chi connectivity index (χ2v) is 5.25. The minimum atomic E-state index is 0.259. The van der Waals surface area contributed by atoms with Gasteiger partial charge in [-0.3, -0.25) is 0 Å². The Morgan fingerprint density at radius 3 is 2.74 bits per heavy atom. The van der Waals surface area contributed by atoms with Gasteiger partial charge in [-0.05, 0) is 26.0 Å². The van der Waals surface area contributed by atoms with Crippen LogP contribution in [0.3, 0.4) is 0 Å². The molecule has 0 spiro atoms. The third-order valence-electron chi connectivity index (χ3n) is 2.63. The molecule has 2 rings (SSSR count). The van der Waals surface area contributed by atoms with Crippen molar-refractivity contribution in [3.05, 3.63) is 46.9 Å². The topological polar surface area (TPSA) is 75.6 Å². The molecule has 0 aliphatic carbocycles. The Labute approximate surface area is 116 Å². The third-order valence-corrected chi connectivity index (χ3v) is 3.62. The smallest absolute Gasteiger partial charge is 0.145 e. The SMILES string of the molecule is Cc1cccc(SCc2nc(C)c(C#N)c(N)n2)c1. The molecule has 19 heavy (non-hydrogen) atoms. The summed E-state index contributed by atoms with van der Waals surface area (Å²) in [5.74, 6) is 1.55. The van der Waals surface area contributed by atoms with E-state index in [1.807, 2.05) is 12.1 Å². The standard InChI is InChI=1S/C14H14N4S/c1-9-4-3-5-11(6-9)19-8-13-17-10(2)12(7-15)14(16)18-13/h3-6H,8H2,1-2H3,(H2,16,17,18). The second kappa shape index (κ2) is 5.72. The summed E-state index contributed by atoms with van der Waals surface area (Å²) < 4.78 is 0. The fraction of sp³-hybridized carbons (Fsp3) is 0.214. The van der Waals surface area contributed by atoms with Gasteiger partial charge in [0.25, 0.3) is 0 Å². The van der Waals surface area contributed by atoms with Gasteiger partial charge >= 0.3 is 0 Å². The average Bonchev–Trinajstić information content (AvgIpc) is 2.36. The van der Waals surface area contributed by atoms with E-state index in [1.54, 1.807) is 18.7 Å². The highest BCUT2D eigenvalue weighted by Gasteiger charge is 2.08. The second-order valence-electron chi connectivity index (χ2n) is 4.20. The van der Waals surface area contributed by atoms with E-state index in [4.69, 9.17) is 11.0 Å². The van der Waals surface area contributed by atoms with E-state index >= 15 is 0 Å². The van der Waals surface area contributed by atoms with Crippen molar-refractivity contribution in [2.24, 2.45) is 0 Å². The fourth-order valence-electron chi connectivity index (χ4n) is 1.71. The Balaban J connectivity index is 2.15. The van der Waals surface area contributed by atoms with Gasteiger partial charge in [0.15, 0.2) is 0 Å². The molecular formula is C14H14N4S. The average molecular weight is 270 g/mol. The summed E-state index contributed by atoms with van der Waals surface area (Å²) in [6, 6.07) is 10.3. The summed E-state index contributed by atoms with van der Waals surface area (Å²) in [5.41, 5.74) is 7.97. The lowest BCUT2D eigenvalue weighted by Gasteiger charge is -2.05. The number of nitrogens with zero attached hydrogens (tertiary/aromatic N) is 3. The molecule has 0 aliphatic rings. The van der Waals surface area contributed by atoms with Gasteiger partial charge in [0.05, 0.1) is 11.4 Å². The molecule has 1 heterocycles. The summed E-state index contributed by atoms with van der Waals surface area (Å²) >= 11 is 1.66. The number of thioether (sulfide) groups is 1. The van der Waals surface area contributed by atoms with Crippen molar-refractivity contribution in [2.45, 2.75) is 24.5 Å². The lowest BCUT2D eigenvalue weighted by Crippen LogP contribution is -2.04. The van der Waals surface area contributed by atoms with Gasteiger partial charge < -0.3 is 5.73 Å². The molecule has 4 nitrogen and oxygen atoms in total. The Morgan fingerprint density at radius 2 is 2.11 bits per heavy atom. The first-order valence-electron chi connectivity index (χ1n) is 5.82. The Hall–Kier alpha value is -2.06. The maximum atomic E-state index is 8.91. The summed E-state index contributed by atoms with van der Waals surface area (Å²) in [7, 11) is 0. The summed E-state index contributed by atoms with van der Waals surface area (Å²) in [5, 5.41) is 8.91. The van der Waals surface area contributed by atoms with E-state index in [0.29, 0.717) is 22.8 Å². The molecule has 0 saturated carbocycles. The fourth-order valence-corrected chi connectivity index (χ4v) is 2.58. The van der Waals surface area contributed by atoms with E-state index in [-0.39, 0.29) is 5.82 Å². The number of nitrogens with two attached hydrogens (primary N) is 1. The van der Waals surface area contributed by atoms with Crippen LogP contribution in [-0.2, 0) is 5.75 Å². The number of anilines is 1. The molecule has 0 unspecified atom stereocenters. The first-order chi connectivity index (χ1) is 9.10. The third kappa shape index (κ3) is 3.24. The van der Waals surface area contributed by atoms with Crippen molar-refractivity contribution in [3.8, 4) is 6.07 Å². The molecular weight excluding hydrogens is 256 g/mol. The van der Waals surface area contributed by atoms with Gasteiger partial charge in [-0.25, -0.2) is 9.97 Å². The zero-order valence-corrected chi connectivity index (χ0v) is 11.7. The number of aromatic nitrogens is 2. The highest BCUT2D eigenvalue weighted by atomic mass is 32.2. The molecule has 5 heteroatoms. The van der Waals surface area contributed by atoms with Gasteiger partial charge in [-0.1, -0.05) is 17.7 Å². The largest absolute Gasteiger partial charge is 0.382 e. The van der Waals surface area contributed by atoms with Crippen molar-refractivity contribution < 1.29 is 0 Å². The highest BCUT2D eigenvalue weighted by Crippen LogP contribution is 2.23. The van der Waals surface area contributed by atoms with Crippen LogP contribution in [0.2, 0.25) is 0 Å². The van der Waals surface area contributed by atoms with Crippen LogP contribution >= 0.6 is 11.8 Å². The summed E-state index contributed by atoms with van der Waals surface area (Å²) in [6.45, 7) is 3.84. The Kier molecular flexibility index (Phi) is 4.03. The number of benzene rings is 1. The van der Waals surface area contributed by atoms with Crippen molar-refractivity contribution in [1.82, 2.24) is 9.97 Å². The number of aryl methyl sites for hydroxylation is 2. The number of hydrogen-bond donors (Lipinski definition) is 1. The molecule has 2 N–H and O–H groups in total. The van der Waals surface area contributed by atoms with Crippen LogP contribution in [0.4, 0.5) is 5.82 Å². The number of rotatable bonds is 3. The molecule has 0 fully saturated rings. The minimum Gasteiger partial charge on any atom is -0.382 e. The van der Waals surface area contributed by atoms with Crippen LogP contribution in [-0.4, -0.2) is 9.97 Å². The van der Waals surface area contributed by atoms with Gasteiger partial charge in [-0.15, -0.1) is 11.8 Å². The van der Waals surface area contributed by atoms with Crippen molar-refractivity contribution in [1.29, 1.82) is 5.26 Å². The molecule has 0 amide bonds.